The molecule has 0 saturated carbocycles. The van der Waals surface area contributed by atoms with E-state index in [2.05, 4.69) is 25.5 Å². The first-order valence-electron chi connectivity index (χ1n) is 6.97. The Hall–Kier alpha value is -2.23. The predicted octanol–water partition coefficient (Wildman–Crippen LogP) is 1.55. The van der Waals surface area contributed by atoms with Gasteiger partial charge in [0.2, 0.25) is 11.9 Å². The smallest absolute Gasteiger partial charge is 0.258 e. The van der Waals surface area contributed by atoms with Crippen LogP contribution in [0.25, 0.3) is 0 Å². The Morgan fingerprint density at radius 3 is 2.50 bits per heavy atom. The monoisotopic (exact) mass is 367 g/mol. The number of hydrazine groups is 1. The van der Waals surface area contributed by atoms with Crippen LogP contribution in [0.4, 0.5) is 11.6 Å². The van der Waals surface area contributed by atoms with Crippen molar-refractivity contribution in [1.82, 2.24) is 14.8 Å². The summed E-state index contributed by atoms with van der Waals surface area (Å²) in [7, 11) is -3.97. The molecule has 1 aromatic heterocycles. The van der Waals surface area contributed by atoms with E-state index in [1.807, 2.05) is 0 Å². The van der Waals surface area contributed by atoms with Crippen molar-refractivity contribution in [3.63, 3.8) is 0 Å². The van der Waals surface area contributed by atoms with E-state index in [0.29, 0.717) is 22.6 Å². The zero-order chi connectivity index (χ0) is 17.5. The number of nitrogens with one attached hydrogen (secondary N) is 3. The molecule has 0 radical (unpaired) electrons. The van der Waals surface area contributed by atoms with E-state index in [4.69, 9.17) is 11.6 Å². The van der Waals surface area contributed by atoms with Crippen LogP contribution in [0.1, 0.15) is 17.0 Å². The van der Waals surface area contributed by atoms with Crippen molar-refractivity contribution < 1.29 is 13.2 Å². The van der Waals surface area contributed by atoms with Gasteiger partial charge in [-0.1, -0.05) is 11.6 Å². The molecule has 10 heteroatoms. The third kappa shape index (κ3) is 3.32. The summed E-state index contributed by atoms with van der Waals surface area (Å²) in [5.74, 6) is -0.0736. The summed E-state index contributed by atoms with van der Waals surface area (Å²) in [6.07, 6.45) is 0.114. The first-order chi connectivity index (χ1) is 11.2. The molecule has 0 unspecified atom stereocenters. The van der Waals surface area contributed by atoms with Crippen molar-refractivity contribution in [3.8, 4) is 0 Å². The molecule has 0 bridgehead atoms. The van der Waals surface area contributed by atoms with Crippen molar-refractivity contribution in [3.05, 3.63) is 40.2 Å². The van der Waals surface area contributed by atoms with E-state index in [-0.39, 0.29) is 28.2 Å². The molecule has 0 spiro atoms. The number of hydrogen-bond donors (Lipinski definition) is 3. The molecule has 0 fully saturated rings. The number of aryl methyl sites for hydroxylation is 2. The lowest BCUT2D eigenvalue weighted by Crippen LogP contribution is -2.31. The standard InChI is InChI=1S/C14H14ClN5O3S/c1-7-3-8(2)17-14(16-7)19-20-24(22,23)12-4-9-5-13(21)18-11(9)6-10(12)15/h3-4,6,20H,5H2,1-2H3,(H,18,21)(H,16,17,19). The van der Waals surface area contributed by atoms with Gasteiger partial charge >= 0.3 is 0 Å². The highest BCUT2D eigenvalue weighted by Gasteiger charge is 2.25. The van der Waals surface area contributed by atoms with Crippen molar-refractivity contribution in [2.45, 2.75) is 25.2 Å². The Labute approximate surface area is 143 Å². The molecule has 3 rings (SSSR count). The lowest BCUT2D eigenvalue weighted by molar-refractivity contribution is -0.115. The minimum absolute atomic E-state index is 0.00610. The highest BCUT2D eigenvalue weighted by Crippen LogP contribution is 2.32. The van der Waals surface area contributed by atoms with Gasteiger partial charge in [0.25, 0.3) is 10.0 Å². The molecule has 0 saturated heterocycles. The fourth-order valence-corrected chi connectivity index (χ4v) is 3.80. The van der Waals surface area contributed by atoms with Crippen molar-refractivity contribution in [1.29, 1.82) is 0 Å². The molecule has 126 valence electrons. The summed E-state index contributed by atoms with van der Waals surface area (Å²) in [5.41, 5.74) is 4.96. The summed E-state index contributed by atoms with van der Waals surface area (Å²) >= 11 is 6.04. The van der Waals surface area contributed by atoms with Gasteiger partial charge in [-0.15, -0.1) is 4.83 Å². The number of aromatic nitrogens is 2. The lowest BCUT2D eigenvalue weighted by Gasteiger charge is -2.11. The molecular weight excluding hydrogens is 354 g/mol. The lowest BCUT2D eigenvalue weighted by atomic mass is 10.2. The normalized spacial score (nSPS) is 13.5. The van der Waals surface area contributed by atoms with Crippen molar-refractivity contribution in [2.24, 2.45) is 0 Å². The average molecular weight is 368 g/mol. The second-order valence-electron chi connectivity index (χ2n) is 5.37. The van der Waals surface area contributed by atoms with Gasteiger partial charge in [-0.3, -0.25) is 10.2 Å². The Balaban J connectivity index is 1.86. The molecule has 0 aliphatic carbocycles. The van der Waals surface area contributed by atoms with Crippen molar-refractivity contribution >= 4 is 39.2 Å². The molecular formula is C14H14ClN5O3S. The number of fused-ring (bicyclic) bond motifs is 1. The van der Waals surface area contributed by atoms with Gasteiger partial charge in [0, 0.05) is 17.1 Å². The largest absolute Gasteiger partial charge is 0.325 e. The number of halogens is 1. The van der Waals surface area contributed by atoms with E-state index < -0.39 is 10.0 Å². The minimum atomic E-state index is -3.97. The van der Waals surface area contributed by atoms with Crippen LogP contribution in [0, 0.1) is 13.8 Å². The van der Waals surface area contributed by atoms with Gasteiger partial charge in [-0.2, -0.15) is 0 Å². The molecule has 3 N–H and O–H groups in total. The maximum atomic E-state index is 12.5. The summed E-state index contributed by atoms with van der Waals surface area (Å²) in [4.78, 5) is 21.6. The third-order valence-corrected chi connectivity index (χ3v) is 5.06. The van der Waals surface area contributed by atoms with Crippen LogP contribution in [0.15, 0.2) is 23.1 Å². The quantitative estimate of drug-likeness (QED) is 0.706. The topological polar surface area (TPSA) is 113 Å². The van der Waals surface area contributed by atoms with E-state index >= 15 is 0 Å². The highest BCUT2D eigenvalue weighted by molar-refractivity contribution is 7.89. The van der Waals surface area contributed by atoms with Gasteiger partial charge < -0.3 is 5.32 Å². The number of hydrogen-bond acceptors (Lipinski definition) is 6. The van der Waals surface area contributed by atoms with Crippen LogP contribution in [0.3, 0.4) is 0 Å². The molecule has 2 heterocycles. The summed E-state index contributed by atoms with van der Waals surface area (Å²) in [6, 6.07) is 4.56. The van der Waals surface area contributed by atoms with Gasteiger partial charge in [-0.25, -0.2) is 18.4 Å². The van der Waals surface area contributed by atoms with Crippen LogP contribution in [0.5, 0.6) is 0 Å². The third-order valence-electron chi connectivity index (χ3n) is 3.35. The number of rotatable bonds is 4. The van der Waals surface area contributed by atoms with Crippen LogP contribution in [-0.4, -0.2) is 24.3 Å². The number of anilines is 2. The molecule has 2 aromatic rings. The number of amides is 1. The Morgan fingerprint density at radius 2 is 1.83 bits per heavy atom. The van der Waals surface area contributed by atoms with Gasteiger partial charge in [0.05, 0.1) is 11.4 Å². The fourth-order valence-electron chi connectivity index (χ4n) is 2.38. The number of carbonyl (C=O) groups is 1. The summed E-state index contributed by atoms with van der Waals surface area (Å²) in [5, 5.41) is 2.62. The second kappa shape index (κ2) is 6.00. The highest BCUT2D eigenvalue weighted by atomic mass is 35.5. The minimum Gasteiger partial charge on any atom is -0.325 e. The maximum Gasteiger partial charge on any atom is 0.258 e. The zero-order valence-electron chi connectivity index (χ0n) is 12.8. The van der Waals surface area contributed by atoms with Gasteiger partial charge in [0.1, 0.15) is 4.90 Å². The SMILES string of the molecule is Cc1cc(C)nc(NNS(=O)(=O)c2cc3c(cc2Cl)NC(=O)C3)n1. The molecule has 1 aliphatic heterocycles. The molecule has 1 aliphatic rings. The van der Waals surface area contributed by atoms with Crippen LogP contribution in [0.2, 0.25) is 5.02 Å². The number of benzene rings is 1. The predicted molar refractivity (Wildman–Crippen MR) is 89.2 cm³/mol. The first-order valence-corrected chi connectivity index (χ1v) is 8.83. The molecule has 8 nitrogen and oxygen atoms in total. The molecule has 24 heavy (non-hydrogen) atoms. The Bertz CT molecular complexity index is 925. The van der Waals surface area contributed by atoms with Gasteiger partial charge in [-0.05, 0) is 37.6 Å². The van der Waals surface area contributed by atoms with Crippen molar-refractivity contribution in [2.75, 3.05) is 10.7 Å². The number of nitrogens with zero attached hydrogens (tertiary/aromatic N) is 2. The van der Waals surface area contributed by atoms with Gasteiger partial charge in [0.15, 0.2) is 0 Å². The van der Waals surface area contributed by atoms with Crippen LogP contribution in [-0.2, 0) is 21.2 Å². The van der Waals surface area contributed by atoms with E-state index in [0.717, 1.165) is 0 Å². The molecule has 1 aromatic carbocycles. The summed E-state index contributed by atoms with van der Waals surface area (Å²) < 4.78 is 24.9. The molecule has 0 atom stereocenters. The zero-order valence-corrected chi connectivity index (χ0v) is 14.4. The van der Waals surface area contributed by atoms with E-state index in [1.165, 1.54) is 12.1 Å². The first kappa shape index (κ1) is 16.6. The fraction of sp³-hybridized carbons (Fsp3) is 0.214. The summed E-state index contributed by atoms with van der Waals surface area (Å²) in [6.45, 7) is 3.55. The Kier molecular flexibility index (Phi) is 4.16. The number of sulfonamides is 1. The van der Waals surface area contributed by atoms with E-state index in [1.54, 1.807) is 19.9 Å². The van der Waals surface area contributed by atoms with Crippen LogP contribution >= 0.6 is 11.6 Å². The average Bonchev–Trinajstić information content (AvgIpc) is 2.82. The van der Waals surface area contributed by atoms with E-state index in [9.17, 15) is 13.2 Å². The number of carbonyl (C=O) groups excluding carboxylic acids is 1. The second-order valence-corrected chi connectivity index (χ2v) is 7.43. The Morgan fingerprint density at radius 1 is 1.17 bits per heavy atom. The maximum absolute atomic E-state index is 12.5. The van der Waals surface area contributed by atoms with Crippen LogP contribution < -0.4 is 15.6 Å². The molecule has 1 amide bonds.